The summed E-state index contributed by atoms with van der Waals surface area (Å²) in [6, 6.07) is 13.7. The summed E-state index contributed by atoms with van der Waals surface area (Å²) in [4.78, 5) is 16.4. The van der Waals surface area contributed by atoms with Crippen LogP contribution < -0.4 is 31.3 Å². The molecular formula is C23H29N7O3S. The molecule has 34 heavy (non-hydrogen) atoms. The molecule has 2 heterocycles. The van der Waals surface area contributed by atoms with Gasteiger partial charge < -0.3 is 26.6 Å². The highest BCUT2D eigenvalue weighted by atomic mass is 32.2. The van der Waals surface area contributed by atoms with Crippen LogP contribution in [0.1, 0.15) is 27.2 Å². The molecule has 180 valence electrons. The maximum atomic E-state index is 13.1. The number of aliphatic imine (C=N–C) groups is 1. The summed E-state index contributed by atoms with van der Waals surface area (Å²) >= 11 is 0. The highest BCUT2D eigenvalue weighted by Gasteiger charge is 2.41. The van der Waals surface area contributed by atoms with Gasteiger partial charge in [-0.05, 0) is 50.6 Å². The average molecular weight is 484 g/mol. The number of hydrogen-bond donors (Lipinski definition) is 6. The van der Waals surface area contributed by atoms with E-state index >= 15 is 0 Å². The minimum Gasteiger partial charge on any atom is -0.371 e. The molecule has 0 aromatic heterocycles. The molecule has 11 heteroatoms. The van der Waals surface area contributed by atoms with Gasteiger partial charge in [-0.3, -0.25) is 4.79 Å². The Labute approximate surface area is 199 Å². The summed E-state index contributed by atoms with van der Waals surface area (Å²) in [5.41, 5.74) is 2.63. The van der Waals surface area contributed by atoms with Gasteiger partial charge in [0.2, 0.25) is 21.7 Å². The molecule has 2 aromatic rings. The first kappa shape index (κ1) is 23.6. The van der Waals surface area contributed by atoms with Crippen LogP contribution in [0.15, 0.2) is 69.8 Å². The van der Waals surface area contributed by atoms with Gasteiger partial charge in [0, 0.05) is 36.5 Å². The first-order valence-electron chi connectivity index (χ1n) is 11.0. The van der Waals surface area contributed by atoms with Crippen LogP contribution in [-0.4, -0.2) is 39.0 Å². The Hall–Kier alpha value is -3.57. The Morgan fingerprint density at radius 1 is 1.09 bits per heavy atom. The maximum Gasteiger partial charge on any atom is 0.242 e. The Morgan fingerprint density at radius 3 is 2.62 bits per heavy atom. The molecule has 0 saturated carbocycles. The monoisotopic (exact) mass is 483 g/mol. The molecule has 0 radical (unpaired) electrons. The number of nitrogens with one attached hydrogen (secondary N) is 6. The molecule has 1 atom stereocenters. The molecule has 2 aliphatic rings. The Balaban J connectivity index is 1.77. The van der Waals surface area contributed by atoms with E-state index in [1.165, 1.54) is 6.92 Å². The summed E-state index contributed by atoms with van der Waals surface area (Å²) in [5, 5.41) is 16.0. The quantitative estimate of drug-likeness (QED) is 0.317. The van der Waals surface area contributed by atoms with E-state index in [1.54, 1.807) is 56.6 Å². The van der Waals surface area contributed by atoms with Crippen molar-refractivity contribution in [3.8, 4) is 0 Å². The zero-order chi connectivity index (χ0) is 24.3. The van der Waals surface area contributed by atoms with Gasteiger partial charge in [-0.15, -0.1) is 0 Å². The number of sulfonamides is 1. The lowest BCUT2D eigenvalue weighted by Gasteiger charge is -2.37. The molecular weight excluding hydrogens is 454 g/mol. The smallest absolute Gasteiger partial charge is 0.242 e. The van der Waals surface area contributed by atoms with Gasteiger partial charge in [0.05, 0.1) is 12.0 Å². The van der Waals surface area contributed by atoms with E-state index in [0.717, 1.165) is 11.4 Å². The topological polar surface area (TPSA) is 136 Å². The van der Waals surface area contributed by atoms with Gasteiger partial charge in [-0.2, -0.15) is 0 Å². The highest BCUT2D eigenvalue weighted by molar-refractivity contribution is 7.89. The first-order valence-corrected chi connectivity index (χ1v) is 12.5. The fraction of sp³-hybridized carbons (Fsp3) is 0.304. The number of rotatable bonds is 8. The van der Waals surface area contributed by atoms with E-state index in [9.17, 15) is 13.2 Å². The lowest BCUT2D eigenvalue weighted by Crippen LogP contribution is -2.50. The Morgan fingerprint density at radius 2 is 1.85 bits per heavy atom. The van der Waals surface area contributed by atoms with E-state index in [0.29, 0.717) is 30.0 Å². The number of carbonyl (C=O) groups is 1. The second kappa shape index (κ2) is 9.35. The van der Waals surface area contributed by atoms with Crippen molar-refractivity contribution in [2.45, 2.75) is 43.9 Å². The van der Waals surface area contributed by atoms with Gasteiger partial charge >= 0.3 is 0 Å². The zero-order valence-corrected chi connectivity index (χ0v) is 20.1. The summed E-state index contributed by atoms with van der Waals surface area (Å²) in [6.45, 7) is 5.71. The van der Waals surface area contributed by atoms with Crippen LogP contribution in [-0.2, 0) is 14.8 Å². The summed E-state index contributed by atoms with van der Waals surface area (Å²) in [5.74, 6) is -0.525. The normalized spacial score (nSPS) is 19.3. The van der Waals surface area contributed by atoms with Crippen LogP contribution in [0, 0.1) is 0 Å². The zero-order valence-electron chi connectivity index (χ0n) is 19.3. The maximum absolute atomic E-state index is 13.1. The van der Waals surface area contributed by atoms with Crippen LogP contribution in [0.25, 0.3) is 0 Å². The van der Waals surface area contributed by atoms with Crippen molar-refractivity contribution in [2.75, 3.05) is 22.5 Å². The first-order chi connectivity index (χ1) is 16.2. The van der Waals surface area contributed by atoms with Crippen molar-refractivity contribution in [1.29, 1.82) is 0 Å². The third-order valence-electron chi connectivity index (χ3n) is 5.27. The fourth-order valence-corrected chi connectivity index (χ4v) is 5.44. The number of hydrogen-bond acceptors (Lipinski definition) is 8. The van der Waals surface area contributed by atoms with Crippen LogP contribution in [0.5, 0.6) is 0 Å². The molecule has 2 aromatic carbocycles. The molecule has 0 fully saturated rings. The largest absolute Gasteiger partial charge is 0.371 e. The minimum atomic E-state index is -3.77. The minimum absolute atomic E-state index is 0.124. The SMILES string of the molecule is CC(=O)Nc1cccc(NC2(Nc3ccccc3S(=O)(=O)NC(C)C)N=CNC3=C2CCN3)c1. The second-order valence-electron chi connectivity index (χ2n) is 8.43. The van der Waals surface area contributed by atoms with Crippen molar-refractivity contribution in [3.63, 3.8) is 0 Å². The van der Waals surface area contributed by atoms with Crippen LogP contribution >= 0.6 is 0 Å². The van der Waals surface area contributed by atoms with Gasteiger partial charge in [-0.1, -0.05) is 18.2 Å². The van der Waals surface area contributed by atoms with Crippen LogP contribution in [0.3, 0.4) is 0 Å². The molecule has 0 bridgehead atoms. The van der Waals surface area contributed by atoms with Crippen LogP contribution in [0.2, 0.25) is 0 Å². The van der Waals surface area contributed by atoms with E-state index in [4.69, 9.17) is 4.99 Å². The van der Waals surface area contributed by atoms with Crippen molar-refractivity contribution in [2.24, 2.45) is 4.99 Å². The number of carbonyl (C=O) groups excluding carboxylic acids is 1. The average Bonchev–Trinajstić information content (AvgIpc) is 3.23. The molecule has 2 aliphatic heterocycles. The summed E-state index contributed by atoms with van der Waals surface area (Å²) in [7, 11) is -3.77. The lowest BCUT2D eigenvalue weighted by molar-refractivity contribution is -0.114. The van der Waals surface area contributed by atoms with Crippen molar-refractivity contribution in [1.82, 2.24) is 15.4 Å². The second-order valence-corrected chi connectivity index (χ2v) is 10.1. The lowest BCUT2D eigenvalue weighted by atomic mass is 10.0. The van der Waals surface area contributed by atoms with Gasteiger partial charge in [0.1, 0.15) is 10.7 Å². The van der Waals surface area contributed by atoms with Crippen molar-refractivity contribution < 1.29 is 13.2 Å². The van der Waals surface area contributed by atoms with Crippen molar-refractivity contribution >= 4 is 39.3 Å². The standard InChI is InChI=1S/C23H29N7O3S/c1-15(2)30-34(32,33)21-10-5-4-9-20(21)29-23(19-11-12-24-22(19)25-14-26-23)28-18-8-6-7-17(13-18)27-16(3)31/h4-10,13-15,24,28-30H,11-12H2,1-3H3,(H,25,26)(H,27,31). The number of anilines is 3. The van der Waals surface area contributed by atoms with E-state index in [1.807, 2.05) is 12.1 Å². The molecule has 1 amide bonds. The molecule has 10 nitrogen and oxygen atoms in total. The number of para-hydroxylation sites is 1. The van der Waals surface area contributed by atoms with E-state index < -0.39 is 15.8 Å². The van der Waals surface area contributed by atoms with Gasteiger partial charge in [-0.25, -0.2) is 18.1 Å². The van der Waals surface area contributed by atoms with E-state index in [-0.39, 0.29) is 16.8 Å². The molecule has 0 saturated heterocycles. The third-order valence-corrected chi connectivity index (χ3v) is 6.99. The number of amides is 1. The predicted octanol–water partition coefficient (Wildman–Crippen LogP) is 2.35. The molecule has 0 spiro atoms. The van der Waals surface area contributed by atoms with Crippen molar-refractivity contribution in [3.05, 3.63) is 59.9 Å². The molecule has 1 unspecified atom stereocenters. The number of benzene rings is 2. The Bertz CT molecular complexity index is 1260. The molecule has 4 rings (SSSR count). The summed E-state index contributed by atoms with van der Waals surface area (Å²) in [6.07, 6.45) is 2.25. The molecule has 0 aliphatic carbocycles. The highest BCUT2D eigenvalue weighted by Crippen LogP contribution is 2.35. The summed E-state index contributed by atoms with van der Waals surface area (Å²) < 4.78 is 28.8. The third kappa shape index (κ3) is 5.00. The van der Waals surface area contributed by atoms with E-state index in [2.05, 4.69) is 31.3 Å². The van der Waals surface area contributed by atoms with Gasteiger partial charge in [0.15, 0.2) is 0 Å². The Kier molecular flexibility index (Phi) is 6.49. The predicted molar refractivity (Wildman–Crippen MR) is 134 cm³/mol. The fourth-order valence-electron chi connectivity index (χ4n) is 4.02. The number of nitrogens with zero attached hydrogens (tertiary/aromatic N) is 1. The molecule has 6 N–H and O–H groups in total. The van der Waals surface area contributed by atoms with Crippen LogP contribution in [0.4, 0.5) is 17.1 Å². The van der Waals surface area contributed by atoms with Gasteiger partial charge in [0.25, 0.3) is 0 Å².